The number of furan rings is 1. The molecule has 0 aromatic carbocycles. The highest BCUT2D eigenvalue weighted by Gasteiger charge is 2.22. The van der Waals surface area contributed by atoms with Gasteiger partial charge in [-0.05, 0) is 13.0 Å². The SMILES string of the molecule is Cc1[nH]nc(S(=O)(=O)NCc2ccoc2)c1CN. The molecular formula is C10H14N4O3S. The van der Waals surface area contributed by atoms with E-state index in [-0.39, 0.29) is 18.1 Å². The third-order valence-electron chi connectivity index (χ3n) is 2.54. The average molecular weight is 270 g/mol. The Balaban J connectivity index is 2.20. The second-order valence-corrected chi connectivity index (χ2v) is 5.47. The second kappa shape index (κ2) is 4.92. The van der Waals surface area contributed by atoms with E-state index in [0.717, 1.165) is 5.56 Å². The Bertz CT molecular complexity index is 616. The van der Waals surface area contributed by atoms with Gasteiger partial charge in [-0.15, -0.1) is 0 Å². The smallest absolute Gasteiger partial charge is 0.260 e. The van der Waals surface area contributed by atoms with Gasteiger partial charge in [0.15, 0.2) is 5.03 Å². The molecule has 2 heterocycles. The molecule has 0 atom stereocenters. The van der Waals surface area contributed by atoms with Crippen LogP contribution >= 0.6 is 0 Å². The molecule has 18 heavy (non-hydrogen) atoms. The van der Waals surface area contributed by atoms with Crippen LogP contribution in [0.1, 0.15) is 16.8 Å². The number of sulfonamides is 1. The monoisotopic (exact) mass is 270 g/mol. The van der Waals surface area contributed by atoms with Crippen molar-refractivity contribution in [2.24, 2.45) is 5.73 Å². The van der Waals surface area contributed by atoms with Crippen LogP contribution in [0.3, 0.4) is 0 Å². The Kier molecular flexibility index (Phi) is 3.50. The number of nitrogens with one attached hydrogen (secondary N) is 2. The first-order valence-electron chi connectivity index (χ1n) is 5.29. The maximum absolute atomic E-state index is 12.0. The molecule has 0 unspecified atom stereocenters. The number of aromatic nitrogens is 2. The summed E-state index contributed by atoms with van der Waals surface area (Å²) < 4.78 is 31.4. The molecule has 8 heteroatoms. The van der Waals surface area contributed by atoms with E-state index >= 15 is 0 Å². The highest BCUT2D eigenvalue weighted by molar-refractivity contribution is 7.89. The number of aryl methyl sites for hydroxylation is 1. The van der Waals surface area contributed by atoms with Crippen molar-refractivity contribution < 1.29 is 12.8 Å². The predicted molar refractivity (Wildman–Crippen MR) is 63.9 cm³/mol. The van der Waals surface area contributed by atoms with Gasteiger partial charge in [0.05, 0.1) is 12.5 Å². The molecular weight excluding hydrogens is 256 g/mol. The zero-order chi connectivity index (χ0) is 13.2. The van der Waals surface area contributed by atoms with E-state index < -0.39 is 10.0 Å². The van der Waals surface area contributed by atoms with E-state index in [0.29, 0.717) is 11.3 Å². The molecule has 98 valence electrons. The van der Waals surface area contributed by atoms with Gasteiger partial charge < -0.3 is 10.2 Å². The standard InChI is InChI=1S/C10H14N4O3S/c1-7-9(4-11)10(14-13-7)18(15,16)12-5-8-2-3-17-6-8/h2-3,6,12H,4-5,11H2,1H3,(H,13,14). The van der Waals surface area contributed by atoms with Gasteiger partial charge in [-0.3, -0.25) is 5.10 Å². The minimum Gasteiger partial charge on any atom is -0.472 e. The first kappa shape index (κ1) is 12.8. The van der Waals surface area contributed by atoms with E-state index in [1.54, 1.807) is 13.0 Å². The van der Waals surface area contributed by atoms with Crippen molar-refractivity contribution in [2.45, 2.75) is 25.0 Å². The molecule has 2 aromatic heterocycles. The second-order valence-electron chi connectivity index (χ2n) is 3.79. The fourth-order valence-corrected chi connectivity index (χ4v) is 2.75. The van der Waals surface area contributed by atoms with Gasteiger partial charge in [0.25, 0.3) is 10.0 Å². The van der Waals surface area contributed by atoms with Crippen molar-refractivity contribution in [1.82, 2.24) is 14.9 Å². The van der Waals surface area contributed by atoms with Crippen molar-refractivity contribution in [2.75, 3.05) is 0 Å². The average Bonchev–Trinajstić information content (AvgIpc) is 2.95. The maximum Gasteiger partial charge on any atom is 0.260 e. The first-order chi connectivity index (χ1) is 8.54. The van der Waals surface area contributed by atoms with Gasteiger partial charge >= 0.3 is 0 Å². The Morgan fingerprint density at radius 2 is 2.33 bits per heavy atom. The van der Waals surface area contributed by atoms with Gasteiger partial charge in [-0.25, -0.2) is 13.1 Å². The number of nitrogens with zero attached hydrogens (tertiary/aromatic N) is 1. The molecule has 2 aromatic rings. The van der Waals surface area contributed by atoms with Crippen molar-refractivity contribution in [3.63, 3.8) is 0 Å². The van der Waals surface area contributed by atoms with Crippen LogP contribution in [-0.4, -0.2) is 18.6 Å². The van der Waals surface area contributed by atoms with Crippen LogP contribution in [0.15, 0.2) is 28.0 Å². The van der Waals surface area contributed by atoms with Crippen molar-refractivity contribution in [1.29, 1.82) is 0 Å². The zero-order valence-corrected chi connectivity index (χ0v) is 10.6. The Labute approximate surface area is 104 Å². The van der Waals surface area contributed by atoms with Crippen LogP contribution in [0.2, 0.25) is 0 Å². The summed E-state index contributed by atoms with van der Waals surface area (Å²) in [4.78, 5) is 0. The Morgan fingerprint density at radius 3 is 2.94 bits per heavy atom. The maximum atomic E-state index is 12.0. The summed E-state index contributed by atoms with van der Waals surface area (Å²) in [7, 11) is -3.67. The number of hydrogen-bond donors (Lipinski definition) is 3. The lowest BCUT2D eigenvalue weighted by Gasteiger charge is -2.04. The number of hydrogen-bond acceptors (Lipinski definition) is 5. The number of H-pyrrole nitrogens is 1. The summed E-state index contributed by atoms with van der Waals surface area (Å²) in [6, 6.07) is 1.68. The third kappa shape index (κ3) is 2.45. The van der Waals surface area contributed by atoms with E-state index in [1.165, 1.54) is 12.5 Å². The molecule has 0 radical (unpaired) electrons. The van der Waals surface area contributed by atoms with Crippen LogP contribution in [0.5, 0.6) is 0 Å². The molecule has 0 bridgehead atoms. The molecule has 7 nitrogen and oxygen atoms in total. The van der Waals surface area contributed by atoms with E-state index in [1.807, 2.05) is 0 Å². The Morgan fingerprint density at radius 1 is 1.56 bits per heavy atom. The summed E-state index contributed by atoms with van der Waals surface area (Å²) >= 11 is 0. The number of rotatable bonds is 5. The summed E-state index contributed by atoms with van der Waals surface area (Å²) in [5.74, 6) is 0. The lowest BCUT2D eigenvalue weighted by Crippen LogP contribution is -2.25. The summed E-state index contributed by atoms with van der Waals surface area (Å²) in [5.41, 5.74) is 7.40. The molecule has 0 amide bonds. The molecule has 0 saturated heterocycles. The highest BCUT2D eigenvalue weighted by Crippen LogP contribution is 2.15. The van der Waals surface area contributed by atoms with Crippen molar-refractivity contribution >= 4 is 10.0 Å². The van der Waals surface area contributed by atoms with Gasteiger partial charge in [-0.2, -0.15) is 5.10 Å². The van der Waals surface area contributed by atoms with E-state index in [4.69, 9.17) is 10.2 Å². The first-order valence-corrected chi connectivity index (χ1v) is 6.77. The molecule has 4 N–H and O–H groups in total. The lowest BCUT2D eigenvalue weighted by atomic mass is 10.3. The topological polar surface area (TPSA) is 114 Å². The summed E-state index contributed by atoms with van der Waals surface area (Å²) in [5, 5.41) is 6.35. The van der Waals surface area contributed by atoms with Crippen LogP contribution < -0.4 is 10.5 Å². The number of aromatic amines is 1. The summed E-state index contributed by atoms with van der Waals surface area (Å²) in [6.07, 6.45) is 2.95. The normalized spacial score (nSPS) is 11.9. The molecule has 0 aliphatic heterocycles. The predicted octanol–water partition coefficient (Wildman–Crippen LogP) is 0.248. The highest BCUT2D eigenvalue weighted by atomic mass is 32.2. The van der Waals surface area contributed by atoms with Gasteiger partial charge in [-0.1, -0.05) is 0 Å². The minimum absolute atomic E-state index is 0.0500. The molecule has 0 aliphatic carbocycles. The molecule has 0 saturated carbocycles. The van der Waals surface area contributed by atoms with E-state index in [2.05, 4.69) is 14.9 Å². The fraction of sp³-hybridized carbons (Fsp3) is 0.300. The summed E-state index contributed by atoms with van der Waals surface area (Å²) in [6.45, 7) is 1.99. The quantitative estimate of drug-likeness (QED) is 0.720. The van der Waals surface area contributed by atoms with E-state index in [9.17, 15) is 8.42 Å². The van der Waals surface area contributed by atoms with Gasteiger partial charge in [0.1, 0.15) is 0 Å². The molecule has 0 spiro atoms. The van der Waals surface area contributed by atoms with Crippen LogP contribution in [0.4, 0.5) is 0 Å². The zero-order valence-electron chi connectivity index (χ0n) is 9.80. The van der Waals surface area contributed by atoms with Crippen LogP contribution in [0, 0.1) is 6.92 Å². The third-order valence-corrected chi connectivity index (χ3v) is 3.91. The van der Waals surface area contributed by atoms with Gasteiger partial charge in [0.2, 0.25) is 0 Å². The fourth-order valence-electron chi connectivity index (χ4n) is 1.53. The largest absolute Gasteiger partial charge is 0.472 e. The molecule has 0 aliphatic rings. The lowest BCUT2D eigenvalue weighted by molar-refractivity contribution is 0.560. The minimum atomic E-state index is -3.67. The van der Waals surface area contributed by atoms with Crippen molar-refractivity contribution in [3.05, 3.63) is 35.4 Å². The van der Waals surface area contributed by atoms with Gasteiger partial charge in [0, 0.05) is 29.9 Å². The number of nitrogens with two attached hydrogens (primary N) is 1. The molecule has 0 fully saturated rings. The Hall–Kier alpha value is -1.64. The van der Waals surface area contributed by atoms with Crippen LogP contribution in [-0.2, 0) is 23.1 Å². The molecule has 2 rings (SSSR count). The van der Waals surface area contributed by atoms with Crippen molar-refractivity contribution in [3.8, 4) is 0 Å². The van der Waals surface area contributed by atoms with Crippen LogP contribution in [0.25, 0.3) is 0 Å².